The first-order chi connectivity index (χ1) is 8.54. The van der Waals surface area contributed by atoms with E-state index in [-0.39, 0.29) is 12.5 Å². The lowest BCUT2D eigenvalue weighted by atomic mass is 9.81. The van der Waals surface area contributed by atoms with Gasteiger partial charge in [0.05, 0.1) is 12.1 Å². The fraction of sp³-hybridized carbons (Fsp3) is 0.636. The van der Waals surface area contributed by atoms with E-state index >= 15 is 0 Å². The average molecular weight is 256 g/mol. The first-order valence-electron chi connectivity index (χ1n) is 5.83. The lowest BCUT2D eigenvalue weighted by Crippen LogP contribution is -2.48. The molecule has 1 saturated carbocycles. The van der Waals surface area contributed by atoms with Gasteiger partial charge in [-0.3, -0.25) is 14.3 Å². The first-order valence-corrected chi connectivity index (χ1v) is 5.83. The normalized spacial score (nSPS) is 32.4. The smallest absolute Gasteiger partial charge is 0.328 e. The van der Waals surface area contributed by atoms with E-state index in [0.717, 1.165) is 0 Å². The first kappa shape index (κ1) is 13.0. The molecular formula is C11H16N2O5. The molecule has 1 heterocycles. The SMILES string of the molecule is O=c1ccn(C2CCC(CO)C(O)C2O)c(=O)[nH]1. The van der Waals surface area contributed by atoms with Gasteiger partial charge in [-0.05, 0) is 12.8 Å². The Labute approximate surface area is 102 Å². The number of aromatic nitrogens is 2. The molecule has 1 aliphatic carbocycles. The highest BCUT2D eigenvalue weighted by molar-refractivity contribution is 4.94. The second-order valence-electron chi connectivity index (χ2n) is 4.59. The molecule has 4 N–H and O–H groups in total. The molecule has 1 fully saturated rings. The summed E-state index contributed by atoms with van der Waals surface area (Å²) in [6.07, 6.45) is 0.0496. The van der Waals surface area contributed by atoms with Crippen LogP contribution in [0.5, 0.6) is 0 Å². The van der Waals surface area contributed by atoms with Gasteiger partial charge in [0, 0.05) is 24.8 Å². The van der Waals surface area contributed by atoms with Gasteiger partial charge in [0.2, 0.25) is 0 Å². The molecule has 0 radical (unpaired) electrons. The van der Waals surface area contributed by atoms with E-state index < -0.39 is 29.5 Å². The third-order valence-electron chi connectivity index (χ3n) is 3.50. The fourth-order valence-corrected chi connectivity index (χ4v) is 2.42. The van der Waals surface area contributed by atoms with Crippen LogP contribution in [0.1, 0.15) is 18.9 Å². The Hall–Kier alpha value is -1.44. The van der Waals surface area contributed by atoms with Gasteiger partial charge in [-0.1, -0.05) is 0 Å². The molecule has 100 valence electrons. The molecule has 0 aromatic carbocycles. The van der Waals surface area contributed by atoms with Gasteiger partial charge >= 0.3 is 5.69 Å². The van der Waals surface area contributed by atoms with E-state index in [0.29, 0.717) is 12.8 Å². The van der Waals surface area contributed by atoms with Gasteiger partial charge in [-0.2, -0.15) is 0 Å². The van der Waals surface area contributed by atoms with E-state index in [2.05, 4.69) is 4.98 Å². The monoisotopic (exact) mass is 256 g/mol. The summed E-state index contributed by atoms with van der Waals surface area (Å²) in [5, 5.41) is 28.8. The van der Waals surface area contributed by atoms with Crippen molar-refractivity contribution in [2.24, 2.45) is 5.92 Å². The maximum atomic E-state index is 11.6. The number of hydrogen-bond donors (Lipinski definition) is 4. The maximum Gasteiger partial charge on any atom is 0.328 e. The highest BCUT2D eigenvalue weighted by Crippen LogP contribution is 2.31. The van der Waals surface area contributed by atoms with Crippen LogP contribution in [0.3, 0.4) is 0 Å². The van der Waals surface area contributed by atoms with Crippen molar-refractivity contribution in [3.63, 3.8) is 0 Å². The number of aromatic amines is 1. The molecule has 1 aromatic rings. The summed E-state index contributed by atoms with van der Waals surface area (Å²) < 4.78 is 1.21. The number of rotatable bonds is 2. The van der Waals surface area contributed by atoms with Crippen molar-refractivity contribution in [1.29, 1.82) is 0 Å². The van der Waals surface area contributed by atoms with Crippen LogP contribution in [-0.4, -0.2) is 43.7 Å². The number of aliphatic hydroxyl groups excluding tert-OH is 3. The van der Waals surface area contributed by atoms with Gasteiger partial charge in [-0.25, -0.2) is 4.79 Å². The van der Waals surface area contributed by atoms with Crippen molar-refractivity contribution in [3.05, 3.63) is 33.1 Å². The Balaban J connectivity index is 2.29. The van der Waals surface area contributed by atoms with Crippen molar-refractivity contribution in [2.45, 2.75) is 31.1 Å². The second kappa shape index (κ2) is 5.05. The minimum atomic E-state index is -1.14. The Morgan fingerprint density at radius 3 is 2.61 bits per heavy atom. The molecule has 7 heteroatoms. The van der Waals surface area contributed by atoms with Gasteiger partial charge in [0.25, 0.3) is 5.56 Å². The predicted octanol–water partition coefficient (Wildman–Crippen LogP) is -1.80. The van der Waals surface area contributed by atoms with Crippen LogP contribution in [-0.2, 0) is 0 Å². The van der Waals surface area contributed by atoms with E-state index in [1.54, 1.807) is 0 Å². The summed E-state index contributed by atoms with van der Waals surface area (Å²) in [6, 6.07) is 0.602. The molecule has 7 nitrogen and oxygen atoms in total. The van der Waals surface area contributed by atoms with Crippen LogP contribution in [0, 0.1) is 5.92 Å². The lowest BCUT2D eigenvalue weighted by molar-refractivity contribution is -0.0841. The molecule has 0 spiro atoms. The summed E-state index contributed by atoms with van der Waals surface area (Å²) >= 11 is 0. The van der Waals surface area contributed by atoms with Crippen LogP contribution in [0.4, 0.5) is 0 Å². The summed E-state index contributed by atoms with van der Waals surface area (Å²) in [7, 11) is 0. The minimum absolute atomic E-state index is 0.203. The number of nitrogens with zero attached hydrogens (tertiary/aromatic N) is 1. The molecular weight excluding hydrogens is 240 g/mol. The maximum absolute atomic E-state index is 11.6. The highest BCUT2D eigenvalue weighted by atomic mass is 16.3. The van der Waals surface area contributed by atoms with Crippen LogP contribution < -0.4 is 11.2 Å². The topological polar surface area (TPSA) is 116 Å². The lowest BCUT2D eigenvalue weighted by Gasteiger charge is -2.37. The molecule has 4 unspecified atom stereocenters. The van der Waals surface area contributed by atoms with E-state index in [1.165, 1.54) is 16.8 Å². The standard InChI is InChI=1S/C11H16N2O5/c14-5-6-1-2-7(10(17)9(6)16)13-4-3-8(15)12-11(13)18/h3-4,6-7,9-10,14,16-17H,1-2,5H2,(H,12,15,18). The third-order valence-corrected chi connectivity index (χ3v) is 3.50. The van der Waals surface area contributed by atoms with Crippen molar-refractivity contribution in [2.75, 3.05) is 6.61 Å². The van der Waals surface area contributed by atoms with Crippen molar-refractivity contribution < 1.29 is 15.3 Å². The number of aliphatic hydroxyl groups is 3. The van der Waals surface area contributed by atoms with Gasteiger partial charge < -0.3 is 15.3 Å². The molecule has 0 saturated heterocycles. The highest BCUT2D eigenvalue weighted by Gasteiger charge is 2.38. The van der Waals surface area contributed by atoms with Crippen molar-refractivity contribution >= 4 is 0 Å². The zero-order valence-electron chi connectivity index (χ0n) is 9.69. The number of H-pyrrole nitrogens is 1. The number of hydrogen-bond acceptors (Lipinski definition) is 5. The molecule has 18 heavy (non-hydrogen) atoms. The largest absolute Gasteiger partial charge is 0.396 e. The van der Waals surface area contributed by atoms with E-state index in [4.69, 9.17) is 5.11 Å². The quantitative estimate of drug-likeness (QED) is 0.498. The molecule has 1 aliphatic rings. The Morgan fingerprint density at radius 1 is 1.28 bits per heavy atom. The van der Waals surface area contributed by atoms with Crippen LogP contribution >= 0.6 is 0 Å². The van der Waals surface area contributed by atoms with Crippen molar-refractivity contribution in [1.82, 2.24) is 9.55 Å². The van der Waals surface area contributed by atoms with Crippen LogP contribution in [0.2, 0.25) is 0 Å². The predicted molar refractivity (Wildman–Crippen MR) is 62.2 cm³/mol. The van der Waals surface area contributed by atoms with E-state index in [1.807, 2.05) is 0 Å². The minimum Gasteiger partial charge on any atom is -0.396 e. The van der Waals surface area contributed by atoms with Crippen LogP contribution in [0.15, 0.2) is 21.9 Å². The summed E-state index contributed by atoms with van der Waals surface area (Å²) in [5.74, 6) is -0.380. The third kappa shape index (κ3) is 2.24. The molecule has 0 amide bonds. The van der Waals surface area contributed by atoms with E-state index in [9.17, 15) is 19.8 Å². The zero-order chi connectivity index (χ0) is 13.3. The molecule has 1 aromatic heterocycles. The Kier molecular flexibility index (Phi) is 3.65. The average Bonchev–Trinajstić information content (AvgIpc) is 2.34. The van der Waals surface area contributed by atoms with Crippen LogP contribution in [0.25, 0.3) is 0 Å². The van der Waals surface area contributed by atoms with Gasteiger partial charge in [0.15, 0.2) is 0 Å². The summed E-state index contributed by atoms with van der Waals surface area (Å²) in [5.41, 5.74) is -1.11. The van der Waals surface area contributed by atoms with Crippen molar-refractivity contribution in [3.8, 4) is 0 Å². The Morgan fingerprint density at radius 2 is 2.00 bits per heavy atom. The van der Waals surface area contributed by atoms with Gasteiger partial charge in [0.1, 0.15) is 6.10 Å². The Bertz CT molecular complexity index is 523. The molecule has 0 aliphatic heterocycles. The molecule has 0 bridgehead atoms. The summed E-state index contributed by atoms with van der Waals surface area (Å²) in [4.78, 5) is 24.7. The zero-order valence-corrected chi connectivity index (χ0v) is 9.69. The molecule has 4 atom stereocenters. The fourth-order valence-electron chi connectivity index (χ4n) is 2.42. The second-order valence-corrected chi connectivity index (χ2v) is 4.59. The summed E-state index contributed by atoms with van der Waals surface area (Å²) in [6.45, 7) is -0.203. The van der Waals surface area contributed by atoms with Gasteiger partial charge in [-0.15, -0.1) is 0 Å². The molecule has 2 rings (SSSR count). The number of nitrogens with one attached hydrogen (secondary N) is 1.